The van der Waals surface area contributed by atoms with Gasteiger partial charge in [-0.2, -0.15) is 11.8 Å². The van der Waals surface area contributed by atoms with Crippen molar-refractivity contribution in [3.8, 4) is 5.69 Å². The van der Waals surface area contributed by atoms with E-state index in [9.17, 15) is 4.79 Å². The number of thioether (sulfide) groups is 1. The second kappa shape index (κ2) is 5.54. The van der Waals surface area contributed by atoms with Crippen LogP contribution in [0.1, 0.15) is 10.6 Å². The molecule has 0 saturated carbocycles. The van der Waals surface area contributed by atoms with Crippen molar-refractivity contribution in [3.63, 3.8) is 0 Å². The lowest BCUT2D eigenvalue weighted by atomic mass is 10.2. The van der Waals surface area contributed by atoms with Gasteiger partial charge in [-0.15, -0.1) is 10.2 Å². The summed E-state index contributed by atoms with van der Waals surface area (Å²) in [4.78, 5) is 13.6. The van der Waals surface area contributed by atoms with Crippen molar-refractivity contribution in [2.45, 2.75) is 0 Å². The third kappa shape index (κ3) is 2.49. The minimum Gasteiger partial charge on any atom is -0.370 e. The molecule has 1 saturated heterocycles. The number of benzene rings is 1. The molecule has 1 aliphatic rings. The van der Waals surface area contributed by atoms with Gasteiger partial charge in [0.15, 0.2) is 0 Å². The number of primary amides is 1. The summed E-state index contributed by atoms with van der Waals surface area (Å²) < 4.78 is 1.60. The second-order valence-corrected chi connectivity index (χ2v) is 5.73. The van der Waals surface area contributed by atoms with Gasteiger partial charge in [-0.25, -0.2) is 0 Å². The zero-order valence-corrected chi connectivity index (χ0v) is 11.7. The Balaban J connectivity index is 1.85. The largest absolute Gasteiger partial charge is 0.370 e. The van der Waals surface area contributed by atoms with Gasteiger partial charge in [0.1, 0.15) is 6.33 Å². The van der Waals surface area contributed by atoms with Gasteiger partial charge >= 0.3 is 0 Å². The Labute approximate surface area is 121 Å². The molecule has 6 nitrogen and oxygen atoms in total. The number of amides is 1. The molecule has 0 spiro atoms. The van der Waals surface area contributed by atoms with Crippen LogP contribution in [0.15, 0.2) is 30.6 Å². The summed E-state index contributed by atoms with van der Waals surface area (Å²) in [7, 11) is 0. The fraction of sp³-hybridized carbons (Fsp3) is 0.308. The van der Waals surface area contributed by atoms with Crippen molar-refractivity contribution in [2.24, 2.45) is 5.73 Å². The van der Waals surface area contributed by atoms with Crippen molar-refractivity contribution in [1.29, 1.82) is 0 Å². The predicted octanol–water partition coefficient (Wildman–Crippen LogP) is 0.919. The molecule has 0 unspecified atom stereocenters. The number of anilines is 1. The molecule has 104 valence electrons. The maximum Gasteiger partial charge on any atom is 0.287 e. The van der Waals surface area contributed by atoms with Crippen LogP contribution in [0.2, 0.25) is 0 Å². The van der Waals surface area contributed by atoms with Gasteiger partial charge in [0, 0.05) is 36.0 Å². The smallest absolute Gasteiger partial charge is 0.287 e. The van der Waals surface area contributed by atoms with Crippen LogP contribution < -0.4 is 10.6 Å². The Hall–Kier alpha value is -2.02. The first kappa shape index (κ1) is 13.0. The highest BCUT2D eigenvalue weighted by Crippen LogP contribution is 2.21. The van der Waals surface area contributed by atoms with Crippen LogP contribution in [0.3, 0.4) is 0 Å². The average molecular weight is 289 g/mol. The number of nitrogens with two attached hydrogens (primary N) is 1. The molecule has 0 bridgehead atoms. The van der Waals surface area contributed by atoms with E-state index in [4.69, 9.17) is 5.73 Å². The van der Waals surface area contributed by atoms with Crippen LogP contribution in [0.25, 0.3) is 5.69 Å². The molecule has 20 heavy (non-hydrogen) atoms. The molecule has 2 N–H and O–H groups in total. The summed E-state index contributed by atoms with van der Waals surface area (Å²) in [6.07, 6.45) is 1.49. The minimum atomic E-state index is -0.584. The average Bonchev–Trinajstić information content (AvgIpc) is 2.98. The highest BCUT2D eigenvalue weighted by Gasteiger charge is 2.13. The molecule has 0 aliphatic carbocycles. The second-order valence-electron chi connectivity index (χ2n) is 4.50. The molecule has 1 aromatic carbocycles. The standard InChI is InChI=1S/C13H15N5OS/c14-12(19)13-16-15-9-18(13)11-3-1-10(2-4-11)17-5-7-20-8-6-17/h1-4,9H,5-8H2,(H2,14,19). The molecule has 0 radical (unpaired) electrons. The van der Waals surface area contributed by atoms with Crippen molar-refractivity contribution in [1.82, 2.24) is 14.8 Å². The predicted molar refractivity (Wildman–Crippen MR) is 79.4 cm³/mol. The van der Waals surface area contributed by atoms with Crippen molar-refractivity contribution in [2.75, 3.05) is 29.5 Å². The molecule has 1 aromatic heterocycles. The van der Waals surface area contributed by atoms with E-state index in [-0.39, 0.29) is 5.82 Å². The molecular formula is C13H15N5OS. The van der Waals surface area contributed by atoms with Gasteiger partial charge in [-0.3, -0.25) is 9.36 Å². The van der Waals surface area contributed by atoms with Gasteiger partial charge < -0.3 is 10.6 Å². The molecule has 2 aromatic rings. The van der Waals surface area contributed by atoms with Crippen LogP contribution >= 0.6 is 11.8 Å². The van der Waals surface area contributed by atoms with E-state index in [1.54, 1.807) is 4.57 Å². The van der Waals surface area contributed by atoms with Crippen molar-refractivity contribution in [3.05, 3.63) is 36.4 Å². The number of hydrogen-bond donors (Lipinski definition) is 1. The summed E-state index contributed by atoms with van der Waals surface area (Å²) in [6.45, 7) is 2.15. The maximum atomic E-state index is 11.3. The zero-order chi connectivity index (χ0) is 13.9. The summed E-state index contributed by atoms with van der Waals surface area (Å²) in [5.41, 5.74) is 7.30. The number of carbonyl (C=O) groups excluding carboxylic acids is 1. The summed E-state index contributed by atoms with van der Waals surface area (Å²) >= 11 is 1.99. The molecule has 1 amide bonds. The molecule has 1 aliphatic heterocycles. The normalized spacial score (nSPS) is 15.3. The third-order valence-electron chi connectivity index (χ3n) is 3.27. The topological polar surface area (TPSA) is 77.0 Å². The number of hydrogen-bond acceptors (Lipinski definition) is 5. The van der Waals surface area contributed by atoms with Gasteiger partial charge in [-0.1, -0.05) is 0 Å². The Morgan fingerprint density at radius 3 is 2.45 bits per heavy atom. The summed E-state index contributed by atoms with van der Waals surface area (Å²) in [5, 5.41) is 7.46. The maximum absolute atomic E-state index is 11.3. The van der Waals surface area contributed by atoms with Gasteiger partial charge in [-0.05, 0) is 24.3 Å². The Morgan fingerprint density at radius 1 is 1.15 bits per heavy atom. The third-order valence-corrected chi connectivity index (χ3v) is 4.21. The summed E-state index contributed by atoms with van der Waals surface area (Å²) in [5.74, 6) is 1.89. The Morgan fingerprint density at radius 2 is 1.80 bits per heavy atom. The van der Waals surface area contributed by atoms with E-state index in [0.29, 0.717) is 0 Å². The zero-order valence-electron chi connectivity index (χ0n) is 10.9. The number of nitrogens with zero attached hydrogens (tertiary/aromatic N) is 4. The Kier molecular flexibility index (Phi) is 3.60. The molecule has 1 fully saturated rings. The number of carbonyl (C=O) groups is 1. The van der Waals surface area contributed by atoms with Crippen LogP contribution in [-0.2, 0) is 0 Å². The van der Waals surface area contributed by atoms with Gasteiger partial charge in [0.05, 0.1) is 0 Å². The first-order valence-corrected chi connectivity index (χ1v) is 7.54. The molecule has 7 heteroatoms. The van der Waals surface area contributed by atoms with E-state index < -0.39 is 5.91 Å². The van der Waals surface area contributed by atoms with Crippen LogP contribution in [-0.4, -0.2) is 45.3 Å². The molecule has 3 rings (SSSR count). The lowest BCUT2D eigenvalue weighted by molar-refractivity contribution is 0.0988. The van der Waals surface area contributed by atoms with E-state index >= 15 is 0 Å². The molecule has 0 atom stereocenters. The minimum absolute atomic E-state index is 0.145. The van der Waals surface area contributed by atoms with Crippen LogP contribution in [0, 0.1) is 0 Å². The van der Waals surface area contributed by atoms with E-state index in [1.165, 1.54) is 23.5 Å². The highest BCUT2D eigenvalue weighted by atomic mass is 32.2. The van der Waals surface area contributed by atoms with E-state index in [2.05, 4.69) is 27.2 Å². The van der Waals surface area contributed by atoms with Gasteiger partial charge in [0.2, 0.25) is 5.82 Å². The van der Waals surface area contributed by atoms with Crippen LogP contribution in [0.5, 0.6) is 0 Å². The SMILES string of the molecule is NC(=O)c1nncn1-c1ccc(N2CCSCC2)cc1. The molecule has 2 heterocycles. The number of aromatic nitrogens is 3. The monoisotopic (exact) mass is 289 g/mol. The summed E-state index contributed by atoms with van der Waals surface area (Å²) in [6, 6.07) is 8.01. The van der Waals surface area contributed by atoms with E-state index in [1.807, 2.05) is 23.9 Å². The first-order valence-electron chi connectivity index (χ1n) is 6.38. The first-order chi connectivity index (χ1) is 9.75. The van der Waals surface area contributed by atoms with Crippen molar-refractivity contribution >= 4 is 23.4 Å². The lowest BCUT2D eigenvalue weighted by Crippen LogP contribution is -2.32. The lowest BCUT2D eigenvalue weighted by Gasteiger charge is -2.28. The van der Waals surface area contributed by atoms with Gasteiger partial charge in [0.25, 0.3) is 5.91 Å². The fourth-order valence-electron chi connectivity index (χ4n) is 2.24. The van der Waals surface area contributed by atoms with E-state index in [0.717, 1.165) is 18.8 Å². The molecular weight excluding hydrogens is 274 g/mol. The van der Waals surface area contributed by atoms with Crippen molar-refractivity contribution < 1.29 is 4.79 Å². The highest BCUT2D eigenvalue weighted by molar-refractivity contribution is 7.99. The Bertz CT molecular complexity index is 603. The quantitative estimate of drug-likeness (QED) is 0.909. The van der Waals surface area contributed by atoms with Crippen LogP contribution in [0.4, 0.5) is 5.69 Å². The fourth-order valence-corrected chi connectivity index (χ4v) is 3.14. The number of rotatable bonds is 3.